The first kappa shape index (κ1) is 8.93. The van der Waals surface area contributed by atoms with E-state index in [2.05, 4.69) is 10.2 Å². The molecular formula is C9H11N3O2. The highest BCUT2D eigenvalue weighted by atomic mass is 16.2. The summed E-state index contributed by atoms with van der Waals surface area (Å²) in [5.74, 6) is -0.135. The van der Waals surface area contributed by atoms with Crippen molar-refractivity contribution in [3.8, 4) is 0 Å². The number of aromatic amines is 1. The first-order valence-corrected chi connectivity index (χ1v) is 4.51. The Morgan fingerprint density at radius 1 is 1.57 bits per heavy atom. The third-order valence-corrected chi connectivity index (χ3v) is 2.31. The predicted molar refractivity (Wildman–Crippen MR) is 50.0 cm³/mol. The van der Waals surface area contributed by atoms with Gasteiger partial charge in [0, 0.05) is 19.2 Å². The van der Waals surface area contributed by atoms with Crippen LogP contribution in [0.1, 0.15) is 23.3 Å². The molecule has 1 heterocycles. The molecule has 1 N–H and O–H groups in total. The maximum absolute atomic E-state index is 11.7. The fourth-order valence-electron chi connectivity index (χ4n) is 1.27. The van der Waals surface area contributed by atoms with Gasteiger partial charge in [-0.05, 0) is 18.9 Å². The molecule has 0 atom stereocenters. The summed E-state index contributed by atoms with van der Waals surface area (Å²) in [6, 6.07) is 3.11. The van der Waals surface area contributed by atoms with Crippen LogP contribution in [-0.4, -0.2) is 34.1 Å². The number of carbonyl (C=O) groups excluding carboxylic acids is 1. The second-order valence-electron chi connectivity index (χ2n) is 3.45. The van der Waals surface area contributed by atoms with E-state index in [-0.39, 0.29) is 11.5 Å². The van der Waals surface area contributed by atoms with Gasteiger partial charge in [0.2, 0.25) is 0 Å². The van der Waals surface area contributed by atoms with Crippen LogP contribution < -0.4 is 5.56 Å². The highest BCUT2D eigenvalue weighted by Gasteiger charge is 2.30. The van der Waals surface area contributed by atoms with Crippen molar-refractivity contribution >= 4 is 5.91 Å². The van der Waals surface area contributed by atoms with Crippen molar-refractivity contribution in [3.63, 3.8) is 0 Å². The zero-order valence-corrected chi connectivity index (χ0v) is 7.86. The standard InChI is InChI=1S/C9H11N3O2/c1-12(6-2-3-6)9(14)7-4-5-8(13)11-10-7/h4-6H,2-3H2,1H3,(H,11,13). The molecule has 74 valence electrons. The average Bonchev–Trinajstić information content (AvgIpc) is 3.00. The van der Waals surface area contributed by atoms with E-state index in [0.717, 1.165) is 12.8 Å². The molecule has 1 aromatic rings. The van der Waals surface area contributed by atoms with Gasteiger partial charge in [-0.15, -0.1) is 0 Å². The highest BCUT2D eigenvalue weighted by Crippen LogP contribution is 2.26. The van der Waals surface area contributed by atoms with Crippen LogP contribution in [0, 0.1) is 0 Å². The van der Waals surface area contributed by atoms with Crippen molar-refractivity contribution in [3.05, 3.63) is 28.2 Å². The summed E-state index contributed by atoms with van der Waals surface area (Å²) in [5.41, 5.74) is -0.00498. The Balaban J connectivity index is 2.17. The van der Waals surface area contributed by atoms with E-state index in [1.165, 1.54) is 12.1 Å². The maximum atomic E-state index is 11.7. The van der Waals surface area contributed by atoms with Crippen molar-refractivity contribution in [2.24, 2.45) is 0 Å². The zero-order valence-electron chi connectivity index (χ0n) is 7.86. The summed E-state index contributed by atoms with van der Waals surface area (Å²) in [4.78, 5) is 24.1. The molecule has 1 aliphatic carbocycles. The Labute approximate surface area is 80.7 Å². The van der Waals surface area contributed by atoms with Gasteiger partial charge >= 0.3 is 0 Å². The molecule has 1 fully saturated rings. The summed E-state index contributed by atoms with van der Waals surface area (Å²) in [5, 5.41) is 5.92. The first-order valence-electron chi connectivity index (χ1n) is 4.51. The highest BCUT2D eigenvalue weighted by molar-refractivity contribution is 5.92. The molecule has 5 nitrogen and oxygen atoms in total. The molecule has 0 saturated heterocycles. The van der Waals surface area contributed by atoms with Crippen LogP contribution in [0.4, 0.5) is 0 Å². The third kappa shape index (κ3) is 1.66. The van der Waals surface area contributed by atoms with Gasteiger partial charge in [0.15, 0.2) is 0 Å². The van der Waals surface area contributed by atoms with Crippen LogP contribution in [0.25, 0.3) is 0 Å². The lowest BCUT2D eigenvalue weighted by molar-refractivity contribution is 0.0778. The minimum atomic E-state index is -0.296. The number of rotatable bonds is 2. The van der Waals surface area contributed by atoms with Crippen LogP contribution in [-0.2, 0) is 0 Å². The normalized spacial score (nSPS) is 15.2. The molecule has 14 heavy (non-hydrogen) atoms. The number of hydrogen-bond acceptors (Lipinski definition) is 3. The van der Waals surface area contributed by atoms with Crippen molar-refractivity contribution in [1.29, 1.82) is 0 Å². The lowest BCUT2D eigenvalue weighted by atomic mass is 10.3. The van der Waals surface area contributed by atoms with Gasteiger partial charge in [0.1, 0.15) is 5.69 Å². The summed E-state index contributed by atoms with van der Waals surface area (Å²) in [6.45, 7) is 0. The number of carbonyl (C=O) groups is 1. The lowest BCUT2D eigenvalue weighted by Gasteiger charge is -2.14. The Morgan fingerprint density at radius 3 is 2.79 bits per heavy atom. The number of H-pyrrole nitrogens is 1. The number of amides is 1. The van der Waals surface area contributed by atoms with Gasteiger partial charge in [-0.1, -0.05) is 0 Å². The molecule has 0 radical (unpaired) electrons. The first-order chi connectivity index (χ1) is 6.68. The molecule has 0 bridgehead atoms. The molecule has 0 aliphatic heterocycles. The van der Waals surface area contributed by atoms with E-state index in [0.29, 0.717) is 11.7 Å². The van der Waals surface area contributed by atoms with Gasteiger partial charge in [-0.25, -0.2) is 5.10 Å². The van der Waals surface area contributed by atoms with E-state index in [1.54, 1.807) is 11.9 Å². The summed E-state index contributed by atoms with van der Waals surface area (Å²) >= 11 is 0. The molecule has 2 rings (SSSR count). The average molecular weight is 193 g/mol. The molecule has 1 saturated carbocycles. The molecule has 1 aromatic heterocycles. The Bertz CT molecular complexity index is 388. The lowest BCUT2D eigenvalue weighted by Crippen LogP contribution is -2.30. The van der Waals surface area contributed by atoms with E-state index in [9.17, 15) is 9.59 Å². The van der Waals surface area contributed by atoms with E-state index < -0.39 is 0 Å². The second kappa shape index (κ2) is 3.25. The summed E-state index contributed by atoms with van der Waals surface area (Å²) in [7, 11) is 1.76. The largest absolute Gasteiger partial charge is 0.337 e. The molecular weight excluding hydrogens is 182 g/mol. The molecule has 5 heteroatoms. The zero-order chi connectivity index (χ0) is 10.1. The van der Waals surface area contributed by atoms with Crippen LogP contribution in [0.3, 0.4) is 0 Å². The third-order valence-electron chi connectivity index (χ3n) is 2.31. The molecule has 0 spiro atoms. The van der Waals surface area contributed by atoms with Crippen molar-refractivity contribution in [2.75, 3.05) is 7.05 Å². The second-order valence-corrected chi connectivity index (χ2v) is 3.45. The minimum absolute atomic E-state index is 0.135. The number of hydrogen-bond donors (Lipinski definition) is 1. The maximum Gasteiger partial charge on any atom is 0.274 e. The van der Waals surface area contributed by atoms with Gasteiger partial charge < -0.3 is 4.90 Å². The van der Waals surface area contributed by atoms with Crippen LogP contribution in [0.2, 0.25) is 0 Å². The molecule has 1 aliphatic rings. The number of nitrogens with one attached hydrogen (secondary N) is 1. The minimum Gasteiger partial charge on any atom is -0.337 e. The quantitative estimate of drug-likeness (QED) is 0.719. The van der Waals surface area contributed by atoms with Gasteiger partial charge in [0.25, 0.3) is 11.5 Å². The van der Waals surface area contributed by atoms with Crippen LogP contribution in [0.5, 0.6) is 0 Å². The van der Waals surface area contributed by atoms with Crippen LogP contribution >= 0.6 is 0 Å². The van der Waals surface area contributed by atoms with Crippen molar-refractivity contribution < 1.29 is 4.79 Å². The van der Waals surface area contributed by atoms with Gasteiger partial charge in [-0.3, -0.25) is 9.59 Å². The topological polar surface area (TPSA) is 66.1 Å². The summed E-state index contributed by atoms with van der Waals surface area (Å²) in [6.07, 6.45) is 2.12. The fourth-order valence-corrected chi connectivity index (χ4v) is 1.27. The monoisotopic (exact) mass is 193 g/mol. The van der Waals surface area contributed by atoms with Crippen molar-refractivity contribution in [1.82, 2.24) is 15.1 Å². The smallest absolute Gasteiger partial charge is 0.274 e. The SMILES string of the molecule is CN(C(=O)c1ccc(=O)[nH]n1)C1CC1. The summed E-state index contributed by atoms with van der Waals surface area (Å²) < 4.78 is 0. The molecule has 0 unspecified atom stereocenters. The Hall–Kier alpha value is -1.65. The number of nitrogens with zero attached hydrogens (tertiary/aromatic N) is 2. The predicted octanol–water partition coefficient (Wildman–Crippen LogP) is 0.00430. The molecule has 0 aromatic carbocycles. The Morgan fingerprint density at radius 2 is 2.29 bits per heavy atom. The fraction of sp³-hybridized carbons (Fsp3) is 0.444. The van der Waals surface area contributed by atoms with Crippen molar-refractivity contribution in [2.45, 2.75) is 18.9 Å². The number of aromatic nitrogens is 2. The van der Waals surface area contributed by atoms with E-state index >= 15 is 0 Å². The van der Waals surface area contributed by atoms with Gasteiger partial charge in [0.05, 0.1) is 0 Å². The van der Waals surface area contributed by atoms with E-state index in [1.807, 2.05) is 0 Å². The Kier molecular flexibility index (Phi) is 2.07. The van der Waals surface area contributed by atoms with Gasteiger partial charge in [-0.2, -0.15) is 5.10 Å². The van der Waals surface area contributed by atoms with Crippen LogP contribution in [0.15, 0.2) is 16.9 Å². The van der Waals surface area contributed by atoms with E-state index in [4.69, 9.17) is 0 Å². The molecule has 1 amide bonds.